The molecule has 0 spiro atoms. The number of anilines is 1. The third-order valence-electron chi connectivity index (χ3n) is 5.10. The van der Waals surface area contributed by atoms with Crippen LogP contribution in [0.5, 0.6) is 5.88 Å². The number of hydrogen-bond acceptors (Lipinski definition) is 6. The Labute approximate surface area is 191 Å². The molecule has 3 N–H and O–H groups in total. The van der Waals surface area contributed by atoms with Crippen LogP contribution in [0.2, 0.25) is 0 Å². The van der Waals surface area contributed by atoms with Crippen molar-refractivity contribution in [3.63, 3.8) is 0 Å². The van der Waals surface area contributed by atoms with Gasteiger partial charge in [0.1, 0.15) is 11.4 Å². The second kappa shape index (κ2) is 9.33. The van der Waals surface area contributed by atoms with Crippen molar-refractivity contribution in [3.05, 3.63) is 111 Å². The van der Waals surface area contributed by atoms with Gasteiger partial charge in [0.2, 0.25) is 5.88 Å². The molecule has 4 aromatic rings. The summed E-state index contributed by atoms with van der Waals surface area (Å²) < 4.78 is 13.3. The van der Waals surface area contributed by atoms with E-state index in [4.69, 9.17) is 0 Å². The Morgan fingerprint density at radius 3 is 2.32 bits per heavy atom. The molecule has 0 saturated heterocycles. The molecule has 0 atom stereocenters. The van der Waals surface area contributed by atoms with Gasteiger partial charge >= 0.3 is 0 Å². The zero-order chi connectivity index (χ0) is 24.2. The van der Waals surface area contributed by atoms with E-state index in [1.54, 1.807) is 30.3 Å². The van der Waals surface area contributed by atoms with Crippen molar-refractivity contribution in [1.82, 2.24) is 9.99 Å². The number of halogens is 1. The molecular formula is C24H17FN4O5. The molecule has 0 unspecified atom stereocenters. The number of benzene rings is 3. The number of nitrogens with zero attached hydrogens (tertiary/aromatic N) is 2. The van der Waals surface area contributed by atoms with Crippen LogP contribution in [0.1, 0.15) is 26.3 Å². The van der Waals surface area contributed by atoms with Crippen LogP contribution in [0.4, 0.5) is 10.1 Å². The van der Waals surface area contributed by atoms with Gasteiger partial charge in [-0.3, -0.25) is 14.4 Å². The normalized spacial score (nSPS) is 10.6. The largest absolute Gasteiger partial charge is 0.493 e. The van der Waals surface area contributed by atoms with Crippen molar-refractivity contribution in [1.29, 1.82) is 0 Å². The minimum absolute atomic E-state index is 0.00108. The van der Waals surface area contributed by atoms with Crippen LogP contribution in [-0.4, -0.2) is 21.6 Å². The van der Waals surface area contributed by atoms with Gasteiger partial charge in [0.05, 0.1) is 10.7 Å². The van der Waals surface area contributed by atoms with Gasteiger partial charge in [-0.2, -0.15) is 0 Å². The first-order valence-electron chi connectivity index (χ1n) is 10.0. The average molecular weight is 460 g/mol. The Morgan fingerprint density at radius 1 is 0.941 bits per heavy atom. The van der Waals surface area contributed by atoms with E-state index in [2.05, 4.69) is 15.9 Å². The molecule has 170 valence electrons. The Balaban J connectivity index is 1.70. The summed E-state index contributed by atoms with van der Waals surface area (Å²) in [5, 5.41) is 18.1. The summed E-state index contributed by atoms with van der Waals surface area (Å²) in [7, 11) is 0. The van der Waals surface area contributed by atoms with Gasteiger partial charge in [-0.15, -0.1) is 9.58 Å². The zero-order valence-corrected chi connectivity index (χ0v) is 17.5. The number of amides is 2. The minimum atomic E-state index is -0.964. The number of carbonyl (C=O) groups is 2. The van der Waals surface area contributed by atoms with Gasteiger partial charge in [0, 0.05) is 23.2 Å². The fourth-order valence-corrected chi connectivity index (χ4v) is 3.42. The quantitative estimate of drug-likeness (QED) is 0.379. The predicted molar refractivity (Wildman–Crippen MR) is 123 cm³/mol. The number of carbonyl (C=O) groups excluding carboxylic acids is 2. The molecular weight excluding hydrogens is 443 g/mol. The van der Waals surface area contributed by atoms with E-state index in [1.165, 1.54) is 42.5 Å². The molecule has 3 aromatic carbocycles. The fourth-order valence-electron chi connectivity index (χ4n) is 3.42. The van der Waals surface area contributed by atoms with Crippen molar-refractivity contribution in [2.24, 2.45) is 5.29 Å². The zero-order valence-electron chi connectivity index (χ0n) is 17.5. The second-order valence-electron chi connectivity index (χ2n) is 7.29. The monoisotopic (exact) mass is 460 g/mol. The van der Waals surface area contributed by atoms with Crippen molar-refractivity contribution in [2.75, 3.05) is 5.32 Å². The Morgan fingerprint density at radius 2 is 1.65 bits per heavy atom. The maximum absolute atomic E-state index is 13.1. The molecule has 1 aromatic heterocycles. The molecule has 0 bridgehead atoms. The fraction of sp³-hybridized carbons (Fsp3) is 0.0417. The van der Waals surface area contributed by atoms with Crippen LogP contribution < -0.4 is 16.2 Å². The molecule has 0 saturated carbocycles. The Kier molecular flexibility index (Phi) is 6.13. The predicted octanol–water partition coefficient (Wildman–Crippen LogP) is 3.56. The third kappa shape index (κ3) is 4.37. The Hall–Kier alpha value is -4.86. The summed E-state index contributed by atoms with van der Waals surface area (Å²) >= 11 is 0. The summed E-state index contributed by atoms with van der Waals surface area (Å²) in [5.41, 5.74) is -0.0997. The SMILES string of the molecule is O=Nn1c(O)c(C(=O)NCc2ccc(F)cc2)c2ccc(NC(=O)c3ccccc3)cc2c1=O. The van der Waals surface area contributed by atoms with Gasteiger partial charge in [-0.05, 0) is 42.0 Å². The maximum atomic E-state index is 13.1. The van der Waals surface area contributed by atoms with Crippen molar-refractivity contribution >= 4 is 28.3 Å². The van der Waals surface area contributed by atoms with Crippen LogP contribution in [0.3, 0.4) is 0 Å². The molecule has 0 aliphatic rings. The van der Waals surface area contributed by atoms with E-state index in [0.717, 1.165) is 0 Å². The first-order chi connectivity index (χ1) is 16.4. The molecule has 0 aliphatic carbocycles. The van der Waals surface area contributed by atoms with Crippen LogP contribution in [0.15, 0.2) is 82.9 Å². The molecule has 0 radical (unpaired) electrons. The number of hydrogen-bond donors (Lipinski definition) is 3. The summed E-state index contributed by atoms with van der Waals surface area (Å²) in [4.78, 5) is 49.3. The van der Waals surface area contributed by atoms with E-state index in [-0.39, 0.29) is 33.2 Å². The van der Waals surface area contributed by atoms with Crippen molar-refractivity contribution < 1.29 is 19.1 Å². The summed E-state index contributed by atoms with van der Waals surface area (Å²) in [5.74, 6) is -2.57. The highest BCUT2D eigenvalue weighted by Gasteiger charge is 2.23. The second-order valence-corrected chi connectivity index (χ2v) is 7.29. The van der Waals surface area contributed by atoms with E-state index >= 15 is 0 Å². The van der Waals surface area contributed by atoms with E-state index in [0.29, 0.717) is 11.1 Å². The highest BCUT2D eigenvalue weighted by Crippen LogP contribution is 2.27. The van der Waals surface area contributed by atoms with Crippen molar-refractivity contribution in [2.45, 2.75) is 6.54 Å². The van der Waals surface area contributed by atoms with E-state index in [9.17, 15) is 28.8 Å². The van der Waals surface area contributed by atoms with Crippen LogP contribution >= 0.6 is 0 Å². The number of aromatic nitrogens is 1. The smallest absolute Gasteiger partial charge is 0.284 e. The lowest BCUT2D eigenvalue weighted by molar-refractivity contribution is 0.0947. The lowest BCUT2D eigenvalue weighted by Crippen LogP contribution is -2.27. The third-order valence-corrected chi connectivity index (χ3v) is 5.10. The molecule has 0 aliphatic heterocycles. The van der Waals surface area contributed by atoms with E-state index < -0.39 is 29.1 Å². The van der Waals surface area contributed by atoms with Gasteiger partial charge < -0.3 is 15.7 Å². The minimum Gasteiger partial charge on any atom is -0.493 e. The van der Waals surface area contributed by atoms with Gasteiger partial charge in [0.25, 0.3) is 17.4 Å². The van der Waals surface area contributed by atoms with E-state index in [1.807, 2.05) is 0 Å². The number of nitroso groups, excluding NO2 is 1. The average Bonchev–Trinajstić information content (AvgIpc) is 2.85. The highest BCUT2D eigenvalue weighted by atomic mass is 19.1. The first-order valence-corrected chi connectivity index (χ1v) is 10.0. The maximum Gasteiger partial charge on any atom is 0.284 e. The van der Waals surface area contributed by atoms with Crippen LogP contribution in [-0.2, 0) is 6.54 Å². The van der Waals surface area contributed by atoms with Crippen molar-refractivity contribution in [3.8, 4) is 5.88 Å². The lowest BCUT2D eigenvalue weighted by Gasteiger charge is -2.13. The standard InChI is InChI=1S/C24H17FN4O5/c25-16-8-6-14(7-9-16)13-26-22(31)20-18-11-10-17(27-21(30)15-4-2-1-3-5-15)12-19(18)23(32)29(28-34)24(20)33/h1-12,33H,13H2,(H,26,31)(H,27,30). The molecule has 9 nitrogen and oxygen atoms in total. The number of nitrogens with one attached hydrogen (secondary N) is 2. The summed E-state index contributed by atoms with van der Waals surface area (Å²) in [6.45, 7) is -0.00108. The van der Waals surface area contributed by atoms with Crippen LogP contribution in [0.25, 0.3) is 10.8 Å². The molecule has 2 amide bonds. The highest BCUT2D eigenvalue weighted by molar-refractivity contribution is 6.10. The molecule has 1 heterocycles. The van der Waals surface area contributed by atoms with Gasteiger partial charge in [0.15, 0.2) is 0 Å². The molecule has 0 fully saturated rings. The number of rotatable bonds is 6. The Bertz CT molecular complexity index is 1470. The van der Waals surface area contributed by atoms with Crippen LogP contribution in [0, 0.1) is 10.7 Å². The molecule has 4 rings (SSSR count). The first kappa shape index (κ1) is 22.3. The van der Waals surface area contributed by atoms with Gasteiger partial charge in [-0.1, -0.05) is 36.4 Å². The van der Waals surface area contributed by atoms with Gasteiger partial charge in [-0.25, -0.2) is 4.39 Å². The number of fused-ring (bicyclic) bond motifs is 1. The summed E-state index contributed by atoms with van der Waals surface area (Å²) in [6, 6.07) is 17.9. The molecule has 34 heavy (non-hydrogen) atoms. The molecule has 10 heteroatoms. The number of pyridine rings is 1. The lowest BCUT2D eigenvalue weighted by atomic mass is 10.0. The topological polar surface area (TPSA) is 130 Å². The summed E-state index contributed by atoms with van der Waals surface area (Å²) in [6.07, 6.45) is 0. The number of aromatic hydroxyl groups is 1.